The maximum absolute atomic E-state index is 16.0. The standard InChI is InChI=1S/C45H53F3N10O4/c1-44(12-13-44)62-30-2-4-34-32(22-30)41(53-52-34)35-23-38(50-27-49-35)57-20-18-55(19-21-57)26-45(47,48)29-10-14-54(15-11-29)24-28-8-16-56(17-9-28)36-5-3-31-33(40(36)46)25-58(43(31)61)37-6-7-39(59)51-42(37)60/h2-5,22-23,27-29,37H,6-21,24-26H2,1H3,(H,52,53)(H,51,59,60). The van der Waals surface area contributed by atoms with E-state index in [2.05, 4.69) is 42.2 Å². The molecule has 62 heavy (non-hydrogen) atoms. The van der Waals surface area contributed by atoms with Gasteiger partial charge in [0.05, 0.1) is 30.0 Å². The Morgan fingerprint density at radius 1 is 0.871 bits per heavy atom. The molecule has 0 bridgehead atoms. The first kappa shape index (κ1) is 40.8. The smallest absolute Gasteiger partial charge is 0.263 e. The molecule has 0 spiro atoms. The number of amides is 3. The van der Waals surface area contributed by atoms with Crippen LogP contribution in [0.4, 0.5) is 24.7 Å². The summed E-state index contributed by atoms with van der Waals surface area (Å²) in [5, 5.41) is 10.9. The number of nitrogens with one attached hydrogen (secondary N) is 2. The maximum atomic E-state index is 16.0. The number of likely N-dealkylation sites (tertiary alicyclic amines) is 1. The van der Waals surface area contributed by atoms with Gasteiger partial charge in [0.25, 0.3) is 11.8 Å². The Hall–Kier alpha value is -5.29. The van der Waals surface area contributed by atoms with E-state index < -0.39 is 35.5 Å². The van der Waals surface area contributed by atoms with Crippen molar-refractivity contribution in [3.05, 3.63) is 59.7 Å². The minimum absolute atomic E-state index is 0.00364. The van der Waals surface area contributed by atoms with Crippen molar-refractivity contribution in [2.24, 2.45) is 11.8 Å². The van der Waals surface area contributed by atoms with Crippen LogP contribution < -0.4 is 19.9 Å². The number of carbonyl (C=O) groups excluding carboxylic acids is 3. The van der Waals surface area contributed by atoms with Gasteiger partial charge in [-0.1, -0.05) is 0 Å². The Labute approximate surface area is 358 Å². The average Bonchev–Trinajstić information content (AvgIpc) is 3.68. The summed E-state index contributed by atoms with van der Waals surface area (Å²) in [6.07, 6.45) is 6.61. The maximum Gasteiger partial charge on any atom is 0.263 e. The Kier molecular flexibility index (Phi) is 10.6. The number of carbonyl (C=O) groups is 3. The molecular weight excluding hydrogens is 802 g/mol. The highest BCUT2D eigenvalue weighted by Crippen LogP contribution is 2.41. The number of halogens is 3. The summed E-state index contributed by atoms with van der Waals surface area (Å²) in [5.41, 5.74) is 3.21. The number of rotatable bonds is 11. The fourth-order valence-electron chi connectivity index (χ4n) is 10.1. The number of aromatic amines is 1. The summed E-state index contributed by atoms with van der Waals surface area (Å²) in [7, 11) is 0. The first-order chi connectivity index (χ1) is 29.9. The molecule has 1 saturated carbocycles. The molecule has 2 aromatic carbocycles. The molecule has 6 aliphatic rings. The third kappa shape index (κ3) is 8.09. The normalized spacial score (nSPS) is 23.0. The number of H-pyrrole nitrogens is 1. The van der Waals surface area contributed by atoms with Crippen molar-refractivity contribution in [2.75, 3.05) is 75.2 Å². The van der Waals surface area contributed by atoms with Gasteiger partial charge in [-0.25, -0.2) is 23.1 Å². The quantitative estimate of drug-likeness (QED) is 0.192. The molecule has 2 N–H and O–H groups in total. The first-order valence-electron chi connectivity index (χ1n) is 22.2. The molecule has 7 heterocycles. The highest BCUT2D eigenvalue weighted by molar-refractivity contribution is 6.05. The second kappa shape index (κ2) is 16.1. The minimum atomic E-state index is -2.79. The van der Waals surface area contributed by atoms with Crippen molar-refractivity contribution >= 4 is 40.1 Å². The Morgan fingerprint density at radius 2 is 1.65 bits per heavy atom. The summed E-state index contributed by atoms with van der Waals surface area (Å²) in [5.74, 6) is -3.22. The van der Waals surface area contributed by atoms with Crippen molar-refractivity contribution < 1.29 is 32.3 Å². The van der Waals surface area contributed by atoms with Crippen molar-refractivity contribution in [1.82, 2.24) is 40.2 Å². The zero-order valence-corrected chi connectivity index (χ0v) is 35.1. The zero-order chi connectivity index (χ0) is 42.8. The van der Waals surface area contributed by atoms with Crippen LogP contribution in [0.5, 0.6) is 5.75 Å². The lowest BCUT2D eigenvalue weighted by Crippen LogP contribution is -2.53. The van der Waals surface area contributed by atoms with E-state index in [1.807, 2.05) is 34.1 Å². The Bertz CT molecular complexity index is 2370. The van der Waals surface area contributed by atoms with Gasteiger partial charge in [0.2, 0.25) is 11.8 Å². The molecule has 1 aliphatic carbocycles. The van der Waals surface area contributed by atoms with Crippen LogP contribution in [0.2, 0.25) is 0 Å². The molecule has 328 valence electrons. The first-order valence-corrected chi connectivity index (χ1v) is 22.2. The van der Waals surface area contributed by atoms with Gasteiger partial charge in [0.15, 0.2) is 5.82 Å². The van der Waals surface area contributed by atoms with Crippen LogP contribution >= 0.6 is 0 Å². The number of alkyl halides is 2. The lowest BCUT2D eigenvalue weighted by atomic mass is 9.88. The Balaban J connectivity index is 0.675. The predicted octanol–water partition coefficient (Wildman–Crippen LogP) is 5.24. The van der Waals surface area contributed by atoms with E-state index in [1.54, 1.807) is 12.1 Å². The predicted molar refractivity (Wildman–Crippen MR) is 226 cm³/mol. The number of nitrogens with zero attached hydrogens (tertiary/aromatic N) is 8. The van der Waals surface area contributed by atoms with Crippen LogP contribution in [-0.2, 0) is 16.1 Å². The molecule has 3 amide bonds. The van der Waals surface area contributed by atoms with E-state index in [-0.39, 0.29) is 43.0 Å². The van der Waals surface area contributed by atoms with Crippen molar-refractivity contribution in [1.29, 1.82) is 0 Å². The molecule has 5 aliphatic heterocycles. The summed E-state index contributed by atoms with van der Waals surface area (Å²) in [6, 6.07) is 10.4. The monoisotopic (exact) mass is 854 g/mol. The molecule has 10 rings (SSSR count). The second-order valence-corrected chi connectivity index (χ2v) is 18.4. The lowest BCUT2D eigenvalue weighted by Gasteiger charge is -2.42. The van der Waals surface area contributed by atoms with Gasteiger partial charge in [-0.3, -0.25) is 29.7 Å². The molecule has 14 nitrogen and oxygen atoms in total. The number of anilines is 2. The van der Waals surface area contributed by atoms with Crippen LogP contribution in [0.25, 0.3) is 22.3 Å². The number of piperidine rings is 3. The SMILES string of the molecule is CC1(Oc2ccc3[nH]nc(-c4cc(N5CCN(CC(F)(F)C6CCN(CC7CCN(c8ccc9c(c8F)CN(C8CCC(=O)NC8=O)C9=O)CC7)CC6)CC5)ncn4)c3c2)CC1. The second-order valence-electron chi connectivity index (χ2n) is 18.4. The molecule has 5 fully saturated rings. The molecule has 4 saturated heterocycles. The van der Waals surface area contributed by atoms with Crippen molar-refractivity contribution in [3.63, 3.8) is 0 Å². The fraction of sp³-hybridized carbons (Fsp3) is 0.556. The highest BCUT2D eigenvalue weighted by atomic mass is 19.3. The van der Waals surface area contributed by atoms with E-state index in [1.165, 1.54) is 11.2 Å². The number of fused-ring (bicyclic) bond motifs is 2. The molecule has 2 aromatic heterocycles. The van der Waals surface area contributed by atoms with Crippen molar-refractivity contribution in [3.8, 4) is 17.1 Å². The topological polar surface area (TPSA) is 143 Å². The van der Waals surface area contributed by atoms with Crippen LogP contribution in [0.15, 0.2) is 42.7 Å². The van der Waals surface area contributed by atoms with Gasteiger partial charge in [-0.15, -0.1) is 0 Å². The van der Waals surface area contributed by atoms with E-state index in [9.17, 15) is 14.4 Å². The molecular formula is C45H53F3N10O4. The molecule has 0 radical (unpaired) electrons. The summed E-state index contributed by atoms with van der Waals surface area (Å²) in [6.45, 7) is 7.51. The summed E-state index contributed by atoms with van der Waals surface area (Å²) >= 11 is 0. The number of piperazine rings is 1. The van der Waals surface area contributed by atoms with Crippen LogP contribution in [0.3, 0.4) is 0 Å². The average molecular weight is 855 g/mol. The molecule has 1 unspecified atom stereocenters. The number of aromatic nitrogens is 4. The highest BCUT2D eigenvalue weighted by Gasteiger charge is 2.44. The van der Waals surface area contributed by atoms with Gasteiger partial charge in [-0.2, -0.15) is 5.10 Å². The van der Waals surface area contributed by atoms with Crippen LogP contribution in [-0.4, -0.2) is 136 Å². The number of imide groups is 1. The van der Waals surface area contributed by atoms with Gasteiger partial charge < -0.3 is 24.3 Å². The van der Waals surface area contributed by atoms with Gasteiger partial charge in [-0.05, 0) is 101 Å². The third-order valence-corrected chi connectivity index (χ3v) is 14.2. The summed E-state index contributed by atoms with van der Waals surface area (Å²) in [4.78, 5) is 56.0. The van der Waals surface area contributed by atoms with E-state index in [4.69, 9.17) is 4.74 Å². The zero-order valence-electron chi connectivity index (χ0n) is 35.1. The minimum Gasteiger partial charge on any atom is -0.488 e. The fourth-order valence-corrected chi connectivity index (χ4v) is 10.1. The van der Waals surface area contributed by atoms with E-state index in [0.717, 1.165) is 60.4 Å². The number of benzene rings is 2. The van der Waals surface area contributed by atoms with E-state index >= 15 is 13.2 Å². The molecule has 17 heteroatoms. The third-order valence-electron chi connectivity index (χ3n) is 14.2. The number of ether oxygens (including phenoxy) is 1. The van der Waals surface area contributed by atoms with Gasteiger partial charge >= 0.3 is 0 Å². The van der Waals surface area contributed by atoms with Gasteiger partial charge in [0.1, 0.15) is 35.2 Å². The van der Waals surface area contributed by atoms with Crippen LogP contribution in [0, 0.1) is 17.7 Å². The molecule has 1 atom stereocenters. The summed E-state index contributed by atoms with van der Waals surface area (Å²) < 4.78 is 53.8. The number of hydrogen-bond acceptors (Lipinski definition) is 11. The van der Waals surface area contributed by atoms with Crippen molar-refractivity contribution in [2.45, 2.75) is 82.4 Å². The largest absolute Gasteiger partial charge is 0.488 e. The Morgan fingerprint density at radius 3 is 2.39 bits per heavy atom. The van der Waals surface area contributed by atoms with Crippen LogP contribution in [0.1, 0.15) is 74.2 Å². The lowest BCUT2D eigenvalue weighted by molar-refractivity contribution is -0.136. The molecule has 4 aromatic rings. The van der Waals surface area contributed by atoms with Gasteiger partial charge in [0, 0.05) is 80.7 Å². The number of hydrogen-bond donors (Lipinski definition) is 2. The van der Waals surface area contributed by atoms with E-state index in [0.29, 0.717) is 88.1 Å².